The van der Waals surface area contributed by atoms with Crippen LogP contribution in [-0.2, 0) is 11.0 Å². The van der Waals surface area contributed by atoms with Gasteiger partial charge >= 0.3 is 12.1 Å². The van der Waals surface area contributed by atoms with Gasteiger partial charge in [0.25, 0.3) is 0 Å². The quantitative estimate of drug-likeness (QED) is 0.641. The summed E-state index contributed by atoms with van der Waals surface area (Å²) in [6, 6.07) is 8.17. The Morgan fingerprint density at radius 3 is 2.54 bits per heavy atom. The minimum absolute atomic E-state index is 0.282. The molecule has 0 bridgehead atoms. The Balaban J connectivity index is 2.16. The summed E-state index contributed by atoms with van der Waals surface area (Å²) in [5, 5.41) is 10.3. The second-order valence-electron chi connectivity index (χ2n) is 6.78. The van der Waals surface area contributed by atoms with Crippen LogP contribution in [0.25, 0.3) is 0 Å². The van der Waals surface area contributed by atoms with E-state index in [2.05, 4.69) is 0 Å². The van der Waals surface area contributed by atoms with Gasteiger partial charge in [-0.3, -0.25) is 9.69 Å². The van der Waals surface area contributed by atoms with Gasteiger partial charge in [0.1, 0.15) is 6.04 Å². The zero-order chi connectivity index (χ0) is 20.5. The monoisotopic (exact) mass is 431 g/mol. The van der Waals surface area contributed by atoms with Crippen LogP contribution in [0.2, 0.25) is 10.0 Å². The zero-order valence-corrected chi connectivity index (χ0v) is 16.2. The molecule has 2 aromatic rings. The Bertz CT molecular complexity index is 873. The van der Waals surface area contributed by atoms with Crippen molar-refractivity contribution in [2.24, 2.45) is 0 Å². The van der Waals surface area contributed by atoms with E-state index in [0.717, 1.165) is 25.0 Å². The van der Waals surface area contributed by atoms with Crippen molar-refractivity contribution in [2.45, 2.75) is 37.5 Å². The maximum atomic E-state index is 13.3. The molecule has 1 heterocycles. The molecule has 1 aliphatic heterocycles. The van der Waals surface area contributed by atoms with Crippen LogP contribution >= 0.6 is 23.2 Å². The van der Waals surface area contributed by atoms with Gasteiger partial charge in [0, 0.05) is 10.0 Å². The molecule has 28 heavy (non-hydrogen) atoms. The molecule has 1 N–H and O–H groups in total. The van der Waals surface area contributed by atoms with Crippen molar-refractivity contribution in [1.29, 1.82) is 0 Å². The fourth-order valence-corrected chi connectivity index (χ4v) is 4.20. The lowest BCUT2D eigenvalue weighted by atomic mass is 9.91. The van der Waals surface area contributed by atoms with E-state index in [-0.39, 0.29) is 5.02 Å². The number of likely N-dealkylation sites (tertiary alicyclic amines) is 1. The van der Waals surface area contributed by atoms with Gasteiger partial charge in [-0.2, -0.15) is 13.2 Å². The number of carboxylic acids is 1. The van der Waals surface area contributed by atoms with Gasteiger partial charge in [0.2, 0.25) is 0 Å². The first-order valence-corrected chi connectivity index (χ1v) is 9.54. The van der Waals surface area contributed by atoms with Crippen LogP contribution < -0.4 is 0 Å². The minimum Gasteiger partial charge on any atom is -0.480 e. The summed E-state index contributed by atoms with van der Waals surface area (Å²) in [5.41, 5.74) is 0.0784. The minimum atomic E-state index is -4.50. The molecule has 1 fully saturated rings. The third-order valence-electron chi connectivity index (χ3n) is 4.95. The number of carbonyl (C=O) groups is 1. The number of piperidine rings is 1. The maximum absolute atomic E-state index is 13.3. The van der Waals surface area contributed by atoms with Crippen LogP contribution in [0.3, 0.4) is 0 Å². The first kappa shape index (κ1) is 21.0. The maximum Gasteiger partial charge on any atom is 0.416 e. The number of benzene rings is 2. The number of hydrogen-bond acceptors (Lipinski definition) is 2. The fraction of sp³-hybridized carbons (Fsp3) is 0.350. The molecule has 8 heteroatoms. The molecule has 0 amide bonds. The lowest BCUT2D eigenvalue weighted by Crippen LogP contribution is -2.47. The third-order valence-corrected chi connectivity index (χ3v) is 5.51. The molecule has 0 aliphatic carbocycles. The molecule has 0 radical (unpaired) electrons. The smallest absolute Gasteiger partial charge is 0.416 e. The van der Waals surface area contributed by atoms with Crippen LogP contribution in [0, 0.1) is 0 Å². The van der Waals surface area contributed by atoms with Gasteiger partial charge in [-0.05, 0) is 54.8 Å². The molecule has 3 nitrogen and oxygen atoms in total. The Morgan fingerprint density at radius 1 is 1.14 bits per heavy atom. The van der Waals surface area contributed by atoms with Gasteiger partial charge < -0.3 is 5.11 Å². The average Bonchev–Trinajstić information content (AvgIpc) is 2.63. The first-order chi connectivity index (χ1) is 13.2. The highest BCUT2D eigenvalue weighted by atomic mass is 35.5. The molecule has 3 rings (SSSR count). The van der Waals surface area contributed by atoms with Gasteiger partial charge in [-0.15, -0.1) is 0 Å². The highest BCUT2D eigenvalue weighted by Gasteiger charge is 2.37. The van der Waals surface area contributed by atoms with Crippen molar-refractivity contribution < 1.29 is 23.1 Å². The van der Waals surface area contributed by atoms with E-state index in [9.17, 15) is 23.1 Å². The number of nitrogens with zero attached hydrogens (tertiary/aromatic N) is 1. The highest BCUT2D eigenvalue weighted by Crippen LogP contribution is 2.40. The zero-order valence-electron chi connectivity index (χ0n) is 14.7. The molecule has 2 aromatic carbocycles. The normalized spacial score (nSPS) is 19.4. The van der Waals surface area contributed by atoms with Gasteiger partial charge in [-0.25, -0.2) is 0 Å². The van der Waals surface area contributed by atoms with E-state index in [0.29, 0.717) is 29.1 Å². The summed E-state index contributed by atoms with van der Waals surface area (Å²) in [6.07, 6.45) is -2.57. The molecular weight excluding hydrogens is 414 g/mol. The van der Waals surface area contributed by atoms with Crippen LogP contribution in [0.1, 0.15) is 42.0 Å². The summed E-state index contributed by atoms with van der Waals surface area (Å²) >= 11 is 12.3. The number of halogens is 5. The fourth-order valence-electron chi connectivity index (χ4n) is 3.69. The predicted molar refractivity (Wildman–Crippen MR) is 102 cm³/mol. The lowest BCUT2D eigenvalue weighted by molar-refractivity contribution is -0.145. The van der Waals surface area contributed by atoms with Crippen molar-refractivity contribution in [1.82, 2.24) is 4.90 Å². The van der Waals surface area contributed by atoms with E-state index >= 15 is 0 Å². The number of aliphatic carboxylic acids is 1. The van der Waals surface area contributed by atoms with E-state index in [1.807, 2.05) is 0 Å². The summed E-state index contributed by atoms with van der Waals surface area (Å²) in [7, 11) is 0. The number of rotatable bonds is 4. The van der Waals surface area contributed by atoms with Gasteiger partial charge in [0.15, 0.2) is 0 Å². The van der Waals surface area contributed by atoms with Crippen molar-refractivity contribution in [3.05, 3.63) is 69.2 Å². The molecular formula is C20H18Cl2F3NO2. The summed E-state index contributed by atoms with van der Waals surface area (Å²) < 4.78 is 39.8. The standard InChI is InChI=1S/C20H18Cl2F3NO2/c21-14-7-8-15(16(22)11-14)18(26-9-2-1-6-17(26)19(27)28)12-4-3-5-13(10-12)20(23,24)25/h3-5,7-8,10-11,17-18H,1-2,6,9H2,(H,27,28). The van der Waals surface area contributed by atoms with Gasteiger partial charge in [-0.1, -0.05) is 47.8 Å². The van der Waals surface area contributed by atoms with Crippen molar-refractivity contribution in [3.63, 3.8) is 0 Å². The molecule has 2 atom stereocenters. The Hall–Kier alpha value is -1.76. The summed E-state index contributed by atoms with van der Waals surface area (Å²) in [5.74, 6) is -0.998. The molecule has 2 unspecified atom stereocenters. The largest absolute Gasteiger partial charge is 0.480 e. The van der Waals surface area contributed by atoms with E-state index in [1.165, 1.54) is 12.1 Å². The molecule has 1 saturated heterocycles. The van der Waals surface area contributed by atoms with Gasteiger partial charge in [0.05, 0.1) is 11.6 Å². The van der Waals surface area contributed by atoms with Crippen LogP contribution in [0.4, 0.5) is 13.2 Å². The van der Waals surface area contributed by atoms with Crippen molar-refractivity contribution in [2.75, 3.05) is 6.54 Å². The predicted octanol–water partition coefficient (Wildman–Crippen LogP) is 6.04. The van der Waals surface area contributed by atoms with E-state index < -0.39 is 29.8 Å². The number of carboxylic acid groups (broad SMARTS) is 1. The molecule has 150 valence electrons. The van der Waals surface area contributed by atoms with Crippen LogP contribution in [0.15, 0.2) is 42.5 Å². The van der Waals surface area contributed by atoms with E-state index in [4.69, 9.17) is 23.2 Å². The van der Waals surface area contributed by atoms with Crippen LogP contribution in [0.5, 0.6) is 0 Å². The molecule has 0 saturated carbocycles. The average molecular weight is 432 g/mol. The Morgan fingerprint density at radius 2 is 1.89 bits per heavy atom. The van der Waals surface area contributed by atoms with E-state index in [1.54, 1.807) is 23.1 Å². The summed E-state index contributed by atoms with van der Waals surface area (Å²) in [4.78, 5) is 13.5. The Labute approximate surface area is 170 Å². The number of hydrogen-bond donors (Lipinski definition) is 1. The second kappa shape index (κ2) is 8.31. The second-order valence-corrected chi connectivity index (χ2v) is 7.62. The van der Waals surface area contributed by atoms with Crippen LogP contribution in [-0.4, -0.2) is 28.6 Å². The third kappa shape index (κ3) is 4.45. The van der Waals surface area contributed by atoms with Crippen molar-refractivity contribution >= 4 is 29.2 Å². The summed E-state index contributed by atoms with van der Waals surface area (Å²) in [6.45, 7) is 0.441. The number of alkyl halides is 3. The molecule has 1 aliphatic rings. The topological polar surface area (TPSA) is 40.5 Å². The first-order valence-electron chi connectivity index (χ1n) is 8.79. The Kier molecular flexibility index (Phi) is 6.22. The molecule has 0 aromatic heterocycles. The molecule has 0 spiro atoms. The highest BCUT2D eigenvalue weighted by molar-refractivity contribution is 6.35. The lowest BCUT2D eigenvalue weighted by Gasteiger charge is -2.40. The SMILES string of the molecule is O=C(O)C1CCCCN1C(c1cccc(C(F)(F)F)c1)c1ccc(Cl)cc1Cl. The van der Waals surface area contributed by atoms with Crippen molar-refractivity contribution in [3.8, 4) is 0 Å².